The standard InChI is InChI=1S/C10H13BrF2N2O3S.ClH/c1-18-9-3-2-7(4-8(9)11)19(16,17)15-6-10(12,13)5-14;/h2-4,15H,5-6,14H2,1H3;1H. The molecule has 0 spiro atoms. The molecular weight excluding hydrogens is 382 g/mol. The van der Waals surface area contributed by atoms with Crippen LogP contribution in [0.25, 0.3) is 0 Å². The van der Waals surface area contributed by atoms with Gasteiger partial charge >= 0.3 is 0 Å². The maximum Gasteiger partial charge on any atom is 0.273 e. The van der Waals surface area contributed by atoms with Crippen molar-refractivity contribution in [2.45, 2.75) is 10.8 Å². The van der Waals surface area contributed by atoms with Crippen LogP contribution in [0.5, 0.6) is 5.75 Å². The van der Waals surface area contributed by atoms with Gasteiger partial charge in [0.1, 0.15) is 5.75 Å². The molecule has 116 valence electrons. The van der Waals surface area contributed by atoms with Gasteiger partial charge in [0.25, 0.3) is 5.92 Å². The molecule has 0 aliphatic heterocycles. The fraction of sp³-hybridized carbons (Fsp3) is 0.400. The number of hydrogen-bond donors (Lipinski definition) is 2. The first-order chi connectivity index (χ1) is 8.72. The number of sulfonamides is 1. The highest BCUT2D eigenvalue weighted by molar-refractivity contribution is 9.10. The number of nitrogens with two attached hydrogens (primary N) is 1. The minimum atomic E-state index is -4.02. The molecule has 1 aromatic carbocycles. The Morgan fingerprint density at radius 1 is 1.45 bits per heavy atom. The van der Waals surface area contributed by atoms with Gasteiger partial charge in [-0.15, -0.1) is 12.4 Å². The van der Waals surface area contributed by atoms with Crippen LogP contribution >= 0.6 is 28.3 Å². The Kier molecular flexibility index (Phi) is 7.33. The summed E-state index contributed by atoms with van der Waals surface area (Å²) in [7, 11) is -2.60. The van der Waals surface area contributed by atoms with E-state index in [2.05, 4.69) is 15.9 Å². The molecule has 1 aromatic rings. The van der Waals surface area contributed by atoms with E-state index in [1.165, 1.54) is 25.3 Å². The van der Waals surface area contributed by atoms with E-state index in [9.17, 15) is 17.2 Å². The smallest absolute Gasteiger partial charge is 0.273 e. The Labute approximate surface area is 130 Å². The SMILES string of the molecule is COc1ccc(S(=O)(=O)NCC(F)(F)CN)cc1Br.Cl. The largest absolute Gasteiger partial charge is 0.496 e. The molecule has 0 bridgehead atoms. The summed E-state index contributed by atoms with van der Waals surface area (Å²) in [5.41, 5.74) is 4.83. The number of rotatable bonds is 6. The Morgan fingerprint density at radius 3 is 2.50 bits per heavy atom. The van der Waals surface area contributed by atoms with Gasteiger partial charge < -0.3 is 10.5 Å². The molecule has 0 radical (unpaired) electrons. The van der Waals surface area contributed by atoms with Gasteiger partial charge in [-0.3, -0.25) is 0 Å². The van der Waals surface area contributed by atoms with E-state index in [4.69, 9.17) is 10.5 Å². The summed E-state index contributed by atoms with van der Waals surface area (Å²) in [6.07, 6.45) is 0. The van der Waals surface area contributed by atoms with Gasteiger partial charge in [0.05, 0.1) is 29.6 Å². The predicted octanol–water partition coefficient (Wildman–Crippen LogP) is 1.75. The lowest BCUT2D eigenvalue weighted by Gasteiger charge is -2.15. The van der Waals surface area contributed by atoms with Crippen molar-refractivity contribution in [3.63, 3.8) is 0 Å². The summed E-state index contributed by atoms with van der Waals surface area (Å²) in [5.74, 6) is -2.84. The maximum absolute atomic E-state index is 12.9. The molecule has 1 rings (SSSR count). The number of methoxy groups -OCH3 is 1. The topological polar surface area (TPSA) is 81.4 Å². The molecule has 0 aliphatic carbocycles. The molecule has 0 heterocycles. The highest BCUT2D eigenvalue weighted by Crippen LogP contribution is 2.27. The number of hydrogen-bond acceptors (Lipinski definition) is 4. The highest BCUT2D eigenvalue weighted by Gasteiger charge is 2.29. The summed E-state index contributed by atoms with van der Waals surface area (Å²) >= 11 is 3.12. The number of halogens is 4. The second kappa shape index (κ2) is 7.51. The minimum Gasteiger partial charge on any atom is -0.496 e. The Morgan fingerprint density at radius 2 is 2.05 bits per heavy atom. The average Bonchev–Trinajstić information content (AvgIpc) is 2.36. The zero-order valence-electron chi connectivity index (χ0n) is 10.4. The van der Waals surface area contributed by atoms with E-state index in [0.29, 0.717) is 10.2 Å². The normalized spacial score (nSPS) is 11.8. The molecule has 10 heteroatoms. The van der Waals surface area contributed by atoms with Crippen molar-refractivity contribution in [3.8, 4) is 5.75 Å². The molecule has 0 saturated heterocycles. The number of benzene rings is 1. The van der Waals surface area contributed by atoms with Crippen molar-refractivity contribution in [2.75, 3.05) is 20.2 Å². The van der Waals surface area contributed by atoms with Gasteiger partial charge in [-0.1, -0.05) is 0 Å². The van der Waals surface area contributed by atoms with Gasteiger partial charge in [0.15, 0.2) is 0 Å². The minimum absolute atomic E-state index is 0. The Balaban J connectivity index is 0.00000361. The van der Waals surface area contributed by atoms with Crippen LogP contribution in [-0.4, -0.2) is 34.5 Å². The summed E-state index contributed by atoms with van der Waals surface area (Å²) in [5, 5.41) is 0. The quantitative estimate of drug-likeness (QED) is 0.769. The molecule has 0 amide bonds. The maximum atomic E-state index is 12.9. The Hall–Kier alpha value is -0.480. The molecule has 0 atom stereocenters. The molecule has 0 saturated carbocycles. The molecule has 0 fully saturated rings. The number of alkyl halides is 2. The fourth-order valence-electron chi connectivity index (χ4n) is 1.17. The van der Waals surface area contributed by atoms with Gasteiger partial charge in [-0.05, 0) is 34.1 Å². The first kappa shape index (κ1) is 19.5. The van der Waals surface area contributed by atoms with Crippen molar-refractivity contribution in [1.82, 2.24) is 4.72 Å². The van der Waals surface area contributed by atoms with Crippen molar-refractivity contribution >= 4 is 38.4 Å². The summed E-state index contributed by atoms with van der Waals surface area (Å²) < 4.78 is 56.6. The predicted molar refractivity (Wildman–Crippen MR) is 77.1 cm³/mol. The molecule has 0 aromatic heterocycles. The average molecular weight is 396 g/mol. The zero-order valence-corrected chi connectivity index (χ0v) is 13.6. The van der Waals surface area contributed by atoms with Crippen LogP contribution in [0.1, 0.15) is 0 Å². The lowest BCUT2D eigenvalue weighted by molar-refractivity contribution is 0.0170. The van der Waals surface area contributed by atoms with E-state index in [1.807, 2.05) is 4.72 Å². The van der Waals surface area contributed by atoms with Crippen LogP contribution in [0.15, 0.2) is 27.6 Å². The van der Waals surface area contributed by atoms with Crippen molar-refractivity contribution in [3.05, 3.63) is 22.7 Å². The summed E-state index contributed by atoms with van der Waals surface area (Å²) in [6.45, 7) is -1.97. The summed E-state index contributed by atoms with van der Waals surface area (Å²) in [4.78, 5) is -0.145. The highest BCUT2D eigenvalue weighted by atomic mass is 79.9. The second-order valence-corrected chi connectivity index (χ2v) is 6.30. The van der Waals surface area contributed by atoms with Crippen molar-refractivity contribution < 1.29 is 21.9 Å². The van der Waals surface area contributed by atoms with Gasteiger partial charge in [-0.25, -0.2) is 21.9 Å². The number of ether oxygens (including phenoxy) is 1. The molecule has 0 unspecified atom stereocenters. The fourth-order valence-corrected chi connectivity index (χ4v) is 2.95. The van der Waals surface area contributed by atoms with Crippen molar-refractivity contribution in [1.29, 1.82) is 0 Å². The molecule has 0 aliphatic rings. The molecule has 3 N–H and O–H groups in total. The van der Waals surface area contributed by atoms with Crippen LogP contribution in [0.4, 0.5) is 8.78 Å². The molecule has 20 heavy (non-hydrogen) atoms. The third-order valence-electron chi connectivity index (χ3n) is 2.25. The summed E-state index contributed by atoms with van der Waals surface area (Å²) in [6, 6.07) is 3.94. The van der Waals surface area contributed by atoms with Gasteiger partial charge in [-0.2, -0.15) is 0 Å². The van der Waals surface area contributed by atoms with Crippen LogP contribution in [0, 0.1) is 0 Å². The van der Waals surface area contributed by atoms with Gasteiger partial charge in [0, 0.05) is 0 Å². The Bertz CT molecular complexity index is 557. The van der Waals surface area contributed by atoms with E-state index >= 15 is 0 Å². The van der Waals surface area contributed by atoms with Crippen LogP contribution in [0.3, 0.4) is 0 Å². The lowest BCUT2D eigenvalue weighted by Crippen LogP contribution is -2.41. The van der Waals surface area contributed by atoms with Crippen LogP contribution in [-0.2, 0) is 10.0 Å². The van der Waals surface area contributed by atoms with Crippen LogP contribution in [0.2, 0.25) is 0 Å². The molecule has 5 nitrogen and oxygen atoms in total. The first-order valence-corrected chi connectivity index (χ1v) is 7.40. The second-order valence-electron chi connectivity index (χ2n) is 3.68. The van der Waals surface area contributed by atoms with E-state index in [-0.39, 0.29) is 17.3 Å². The zero-order chi connectivity index (χ0) is 14.7. The first-order valence-electron chi connectivity index (χ1n) is 5.13. The van der Waals surface area contributed by atoms with E-state index < -0.39 is 29.0 Å². The monoisotopic (exact) mass is 394 g/mol. The van der Waals surface area contributed by atoms with Crippen molar-refractivity contribution in [2.24, 2.45) is 5.73 Å². The third-order valence-corrected chi connectivity index (χ3v) is 4.27. The van der Waals surface area contributed by atoms with E-state index in [1.54, 1.807) is 0 Å². The third kappa shape index (κ3) is 5.13. The molecular formula is C10H14BrClF2N2O3S. The van der Waals surface area contributed by atoms with Crippen LogP contribution < -0.4 is 15.2 Å². The lowest BCUT2D eigenvalue weighted by atomic mass is 10.3. The van der Waals surface area contributed by atoms with Gasteiger partial charge in [0.2, 0.25) is 10.0 Å². The number of nitrogens with one attached hydrogen (secondary N) is 1. The van der Waals surface area contributed by atoms with E-state index in [0.717, 1.165) is 0 Å².